The molecule has 0 aliphatic rings. The van der Waals surface area contributed by atoms with E-state index in [9.17, 15) is 0 Å². The molecule has 6 aromatic carbocycles. The largest absolute Gasteiger partial charge is 0.309 e. The Morgan fingerprint density at radius 3 is 1.65 bits per heavy atom. The van der Waals surface area contributed by atoms with Crippen molar-refractivity contribution in [1.29, 1.82) is 0 Å². The highest BCUT2D eigenvalue weighted by Gasteiger charge is 2.17. The molecular weight excluding hydrogens is 563 g/mol. The maximum Gasteiger partial charge on any atom is 0.188 e. The molecule has 3 aromatic heterocycles. The van der Waals surface area contributed by atoms with Crippen LogP contribution < -0.4 is 0 Å². The van der Waals surface area contributed by atoms with Gasteiger partial charge < -0.3 is 4.57 Å². The lowest BCUT2D eigenvalue weighted by molar-refractivity contribution is 1.18. The van der Waals surface area contributed by atoms with Gasteiger partial charge in [0.2, 0.25) is 0 Å². The zero-order valence-corrected chi connectivity index (χ0v) is 24.3. The molecule has 5 heteroatoms. The minimum Gasteiger partial charge on any atom is -0.309 e. The highest BCUT2D eigenvalue weighted by Crippen LogP contribution is 2.44. The summed E-state index contributed by atoms with van der Waals surface area (Å²) in [5, 5.41) is 7.26. The van der Waals surface area contributed by atoms with E-state index < -0.39 is 0 Å². The summed E-state index contributed by atoms with van der Waals surface area (Å²) in [6.07, 6.45) is 0. The molecule has 0 N–H and O–H groups in total. The molecule has 0 amide bonds. The molecule has 0 aliphatic heterocycles. The van der Waals surface area contributed by atoms with Crippen LogP contribution in [0.3, 0.4) is 0 Å². The first-order valence-corrected chi connectivity index (χ1v) is 15.5. The third-order valence-electron chi connectivity index (χ3n) is 8.41. The summed E-state index contributed by atoms with van der Waals surface area (Å²) in [7, 11) is 0. The predicted molar refractivity (Wildman–Crippen MR) is 185 cm³/mol. The van der Waals surface area contributed by atoms with Gasteiger partial charge in [0.25, 0.3) is 0 Å². The van der Waals surface area contributed by atoms with Crippen LogP contribution in [0, 0.1) is 13.1 Å². The fourth-order valence-electron chi connectivity index (χ4n) is 6.47. The number of nitrogens with zero attached hydrogens (tertiary/aromatic N) is 3. The molecule has 0 atom stereocenters. The van der Waals surface area contributed by atoms with E-state index in [1.54, 1.807) is 22.7 Å². The van der Waals surface area contributed by atoms with Gasteiger partial charge in [-0.2, -0.15) is 0 Å². The Hall–Kier alpha value is -5.46. The van der Waals surface area contributed by atoms with E-state index in [2.05, 4.69) is 105 Å². The van der Waals surface area contributed by atoms with Crippen molar-refractivity contribution in [2.45, 2.75) is 0 Å². The third-order valence-corrected chi connectivity index (χ3v) is 10.7. The van der Waals surface area contributed by atoms with E-state index in [0.717, 1.165) is 33.2 Å². The van der Waals surface area contributed by atoms with Crippen molar-refractivity contribution in [1.82, 2.24) is 4.57 Å². The molecule has 0 fully saturated rings. The molecule has 0 radical (unpaired) electrons. The number of rotatable bonds is 2. The minimum absolute atomic E-state index is 0.626. The molecule has 0 aliphatic carbocycles. The van der Waals surface area contributed by atoms with Gasteiger partial charge in [-0.05, 0) is 71.1 Å². The molecular formula is C38H19N3S2. The lowest BCUT2D eigenvalue weighted by Gasteiger charge is -2.15. The highest BCUT2D eigenvalue weighted by atomic mass is 32.1. The summed E-state index contributed by atoms with van der Waals surface area (Å²) >= 11 is 3.59. The van der Waals surface area contributed by atoms with Crippen LogP contribution in [0.2, 0.25) is 0 Å². The van der Waals surface area contributed by atoms with E-state index >= 15 is 0 Å². The average Bonchev–Trinajstić information content (AvgIpc) is 3.71. The molecule has 43 heavy (non-hydrogen) atoms. The Kier molecular flexibility index (Phi) is 5.07. The van der Waals surface area contributed by atoms with Gasteiger partial charge in [-0.3, -0.25) is 0 Å². The maximum absolute atomic E-state index is 7.78. The van der Waals surface area contributed by atoms with Gasteiger partial charge in [-0.25, -0.2) is 9.69 Å². The van der Waals surface area contributed by atoms with E-state index in [1.165, 1.54) is 45.7 Å². The minimum atomic E-state index is 0.626. The molecule has 198 valence electrons. The van der Waals surface area contributed by atoms with E-state index in [4.69, 9.17) is 13.1 Å². The van der Waals surface area contributed by atoms with E-state index in [0.29, 0.717) is 11.4 Å². The van der Waals surface area contributed by atoms with Crippen LogP contribution in [0.25, 0.3) is 88.7 Å². The predicted octanol–water partition coefficient (Wildman–Crippen LogP) is 12.3. The topological polar surface area (TPSA) is 13.6 Å². The Labute approximate surface area is 254 Å². The highest BCUT2D eigenvalue weighted by molar-refractivity contribution is 7.27. The van der Waals surface area contributed by atoms with Crippen molar-refractivity contribution in [3.63, 3.8) is 0 Å². The second-order valence-corrected chi connectivity index (χ2v) is 12.9. The Balaban J connectivity index is 1.31. The van der Waals surface area contributed by atoms with E-state index in [1.807, 2.05) is 24.3 Å². The lowest BCUT2D eigenvalue weighted by atomic mass is 9.99. The van der Waals surface area contributed by atoms with Gasteiger partial charge in [0, 0.05) is 45.7 Å². The van der Waals surface area contributed by atoms with Crippen molar-refractivity contribution in [3.8, 4) is 16.8 Å². The van der Waals surface area contributed by atoms with Gasteiger partial charge in [-0.1, -0.05) is 60.7 Å². The summed E-state index contributed by atoms with van der Waals surface area (Å²) in [6.45, 7) is 15.2. The first kappa shape index (κ1) is 24.2. The quantitative estimate of drug-likeness (QED) is 0.180. The van der Waals surface area contributed by atoms with Gasteiger partial charge in [0.15, 0.2) is 11.4 Å². The maximum atomic E-state index is 7.78. The molecule has 0 saturated carbocycles. The van der Waals surface area contributed by atoms with Crippen molar-refractivity contribution in [2.24, 2.45) is 0 Å². The standard InChI is InChI=1S/C38H19N3S2/c1-39-23-12-14-34(41-32-9-5-3-7-25(32)26-8-4-6-10-33(26)41)27(18-23)22-11-15-35-28(17-22)30-20-38-31(21-37(30)42-35)29-19-24(40-2)13-16-36(29)43-38/h3-21H. The van der Waals surface area contributed by atoms with Gasteiger partial charge in [-0.15, -0.1) is 22.7 Å². The number of thiophene rings is 2. The van der Waals surface area contributed by atoms with Crippen LogP contribution in [0.15, 0.2) is 115 Å². The monoisotopic (exact) mass is 581 g/mol. The van der Waals surface area contributed by atoms with E-state index in [-0.39, 0.29) is 0 Å². The Morgan fingerprint density at radius 2 is 1.00 bits per heavy atom. The van der Waals surface area contributed by atoms with Crippen LogP contribution in [-0.2, 0) is 0 Å². The Morgan fingerprint density at radius 1 is 0.465 bits per heavy atom. The first-order chi connectivity index (χ1) is 21.2. The molecule has 0 unspecified atom stereocenters. The average molecular weight is 582 g/mol. The smallest absolute Gasteiger partial charge is 0.188 e. The zero-order chi connectivity index (χ0) is 28.7. The van der Waals surface area contributed by atoms with Crippen molar-refractivity contribution in [3.05, 3.63) is 138 Å². The fraction of sp³-hybridized carbons (Fsp3) is 0. The Bertz CT molecular complexity index is 2650. The van der Waals surface area contributed by atoms with Crippen molar-refractivity contribution >= 4 is 96.2 Å². The van der Waals surface area contributed by atoms with Gasteiger partial charge >= 0.3 is 0 Å². The number of para-hydroxylation sites is 2. The number of hydrogen-bond donors (Lipinski definition) is 0. The lowest BCUT2D eigenvalue weighted by Crippen LogP contribution is -1.97. The number of hydrogen-bond acceptors (Lipinski definition) is 2. The summed E-state index contributed by atoms with van der Waals surface area (Å²) in [5.41, 5.74) is 6.79. The summed E-state index contributed by atoms with van der Waals surface area (Å²) < 4.78 is 7.25. The van der Waals surface area contributed by atoms with Crippen molar-refractivity contribution < 1.29 is 0 Å². The second-order valence-electron chi connectivity index (χ2n) is 10.7. The first-order valence-electron chi connectivity index (χ1n) is 13.9. The van der Waals surface area contributed by atoms with Gasteiger partial charge in [0.05, 0.1) is 29.9 Å². The van der Waals surface area contributed by atoms with Gasteiger partial charge in [0.1, 0.15) is 0 Å². The molecule has 0 bridgehead atoms. The second kappa shape index (κ2) is 9.02. The molecule has 3 nitrogen and oxygen atoms in total. The van der Waals surface area contributed by atoms with Crippen LogP contribution >= 0.6 is 22.7 Å². The van der Waals surface area contributed by atoms with Crippen LogP contribution in [0.1, 0.15) is 0 Å². The summed E-state index contributed by atoms with van der Waals surface area (Å²) in [4.78, 5) is 7.45. The normalized spacial score (nSPS) is 11.7. The molecule has 0 saturated heterocycles. The third kappa shape index (κ3) is 3.50. The molecule has 0 spiro atoms. The molecule has 9 rings (SSSR count). The number of benzene rings is 6. The summed E-state index contributed by atoms with van der Waals surface area (Å²) in [6, 6.07) is 40.4. The summed E-state index contributed by atoms with van der Waals surface area (Å²) in [5.74, 6) is 0. The molecule has 3 heterocycles. The van der Waals surface area contributed by atoms with Crippen LogP contribution in [0.4, 0.5) is 11.4 Å². The molecule has 9 aromatic rings. The fourth-order valence-corrected chi connectivity index (χ4v) is 8.69. The van der Waals surface area contributed by atoms with Crippen LogP contribution in [-0.4, -0.2) is 4.57 Å². The van der Waals surface area contributed by atoms with Crippen molar-refractivity contribution in [2.75, 3.05) is 0 Å². The number of fused-ring (bicyclic) bond motifs is 9. The van der Waals surface area contributed by atoms with Crippen LogP contribution in [0.5, 0.6) is 0 Å². The zero-order valence-electron chi connectivity index (χ0n) is 22.6. The number of aromatic nitrogens is 1. The SMILES string of the molecule is [C-]#[N+]c1ccc(-n2c3ccccc3c3ccccc32)c(-c2ccc3sc4cc5c(cc4c3c2)sc2ccc([N+]#[C-])cc25)c1.